The molecule has 0 aliphatic carbocycles. The maximum absolute atomic E-state index is 12.8. The summed E-state index contributed by atoms with van der Waals surface area (Å²) in [7, 11) is -3.26. The van der Waals surface area contributed by atoms with E-state index in [4.69, 9.17) is 4.42 Å². The average molecular weight is 312 g/mol. The minimum atomic E-state index is -3.26. The first-order valence-corrected chi connectivity index (χ1v) is 9.40. The van der Waals surface area contributed by atoms with Crippen molar-refractivity contribution in [1.29, 1.82) is 0 Å². The van der Waals surface area contributed by atoms with Gasteiger partial charge in [-0.25, -0.2) is 8.42 Å². The van der Waals surface area contributed by atoms with Gasteiger partial charge in [0.2, 0.25) is 0 Å². The zero-order valence-electron chi connectivity index (χ0n) is 13.0. The molecule has 0 aromatic carbocycles. The summed E-state index contributed by atoms with van der Waals surface area (Å²) >= 11 is 0. The lowest BCUT2D eigenvalue weighted by Crippen LogP contribution is -2.13. The van der Waals surface area contributed by atoms with Crippen molar-refractivity contribution in [3.8, 4) is 0 Å². The number of ketones is 1. The van der Waals surface area contributed by atoms with Gasteiger partial charge in [0.15, 0.2) is 21.4 Å². The quantitative estimate of drug-likeness (QED) is 0.701. The number of rotatable bonds is 7. The number of furan rings is 1. The van der Waals surface area contributed by atoms with Gasteiger partial charge in [0.1, 0.15) is 0 Å². The highest BCUT2D eigenvalue weighted by atomic mass is 32.2. The van der Waals surface area contributed by atoms with Crippen molar-refractivity contribution in [1.82, 2.24) is 0 Å². The highest BCUT2D eigenvalue weighted by Crippen LogP contribution is 2.51. The minimum absolute atomic E-state index is 0.191. The fourth-order valence-electron chi connectivity index (χ4n) is 3.18. The monoisotopic (exact) mass is 312 g/mol. The van der Waals surface area contributed by atoms with Gasteiger partial charge in [-0.3, -0.25) is 4.79 Å². The van der Waals surface area contributed by atoms with E-state index in [9.17, 15) is 13.2 Å². The SMILES string of the molecule is CCCC[C@H]1c2coc(C(C)=O)c2[C@H](CCCC)S1(=O)=O. The fourth-order valence-corrected chi connectivity index (χ4v) is 5.68. The first-order valence-electron chi connectivity index (χ1n) is 7.80. The van der Waals surface area contributed by atoms with E-state index < -0.39 is 20.3 Å². The highest BCUT2D eigenvalue weighted by molar-refractivity contribution is 7.92. The van der Waals surface area contributed by atoms with Crippen molar-refractivity contribution >= 4 is 15.6 Å². The number of carbonyl (C=O) groups is 1. The van der Waals surface area contributed by atoms with Crippen LogP contribution in [0.3, 0.4) is 0 Å². The molecule has 1 aliphatic rings. The summed E-state index contributed by atoms with van der Waals surface area (Å²) in [5.41, 5.74) is 1.38. The number of carbonyl (C=O) groups excluding carboxylic acids is 1. The molecule has 21 heavy (non-hydrogen) atoms. The third-order valence-electron chi connectivity index (χ3n) is 4.28. The molecule has 0 amide bonds. The predicted molar refractivity (Wildman–Crippen MR) is 82.2 cm³/mol. The van der Waals surface area contributed by atoms with E-state index in [2.05, 4.69) is 0 Å². The second-order valence-corrected chi connectivity index (χ2v) is 8.16. The van der Waals surface area contributed by atoms with Crippen LogP contribution in [-0.4, -0.2) is 14.2 Å². The van der Waals surface area contributed by atoms with Crippen LogP contribution in [0.25, 0.3) is 0 Å². The number of hydrogen-bond donors (Lipinski definition) is 0. The normalized spacial score (nSPS) is 23.2. The van der Waals surface area contributed by atoms with E-state index in [0.717, 1.165) is 31.2 Å². The number of unbranched alkanes of at least 4 members (excludes halogenated alkanes) is 2. The summed E-state index contributed by atoms with van der Waals surface area (Å²) in [6.07, 6.45) is 6.29. The van der Waals surface area contributed by atoms with Gasteiger partial charge >= 0.3 is 0 Å². The van der Waals surface area contributed by atoms with Crippen molar-refractivity contribution in [2.24, 2.45) is 0 Å². The van der Waals surface area contributed by atoms with Crippen LogP contribution in [0.2, 0.25) is 0 Å². The van der Waals surface area contributed by atoms with Crippen molar-refractivity contribution < 1.29 is 17.6 Å². The van der Waals surface area contributed by atoms with Gasteiger partial charge in [0.25, 0.3) is 0 Å². The van der Waals surface area contributed by atoms with Crippen LogP contribution in [0.5, 0.6) is 0 Å². The largest absolute Gasteiger partial charge is 0.461 e. The highest BCUT2D eigenvalue weighted by Gasteiger charge is 2.47. The van der Waals surface area contributed by atoms with Gasteiger partial charge < -0.3 is 4.42 Å². The molecule has 0 fully saturated rings. The van der Waals surface area contributed by atoms with Crippen molar-refractivity contribution in [3.05, 3.63) is 23.2 Å². The van der Waals surface area contributed by atoms with Crippen LogP contribution in [0.1, 0.15) is 91.5 Å². The number of Topliss-reactive ketones (excluding diaryl/α,β-unsaturated/α-hetero) is 1. The van der Waals surface area contributed by atoms with Crippen molar-refractivity contribution in [2.75, 3.05) is 0 Å². The summed E-state index contributed by atoms with van der Waals surface area (Å²) in [6.45, 7) is 5.52. The molecule has 118 valence electrons. The Hall–Kier alpha value is -1.10. The first kappa shape index (κ1) is 16.3. The van der Waals surface area contributed by atoms with Gasteiger partial charge in [-0.2, -0.15) is 0 Å². The summed E-state index contributed by atoms with van der Waals surface area (Å²) in [4.78, 5) is 11.7. The minimum Gasteiger partial charge on any atom is -0.461 e. The average Bonchev–Trinajstić information content (AvgIpc) is 2.91. The maximum atomic E-state index is 12.8. The van der Waals surface area contributed by atoms with Crippen molar-refractivity contribution in [3.63, 3.8) is 0 Å². The smallest absolute Gasteiger partial charge is 0.195 e. The first-order chi connectivity index (χ1) is 9.95. The Kier molecular flexibility index (Phi) is 4.91. The summed E-state index contributed by atoms with van der Waals surface area (Å²) in [5, 5.41) is -1.06. The topological polar surface area (TPSA) is 64.3 Å². The van der Waals surface area contributed by atoms with Gasteiger partial charge in [0, 0.05) is 18.1 Å². The molecule has 2 atom stereocenters. The molecule has 0 bridgehead atoms. The lowest BCUT2D eigenvalue weighted by Gasteiger charge is -2.14. The Bertz CT molecular complexity index is 612. The third kappa shape index (κ3) is 2.80. The molecule has 0 saturated heterocycles. The van der Waals surface area contributed by atoms with Crippen LogP contribution in [0.15, 0.2) is 10.7 Å². The molecule has 1 aromatic heterocycles. The van der Waals surface area contributed by atoms with Crippen molar-refractivity contribution in [2.45, 2.75) is 69.8 Å². The van der Waals surface area contributed by atoms with Crippen LogP contribution in [0.4, 0.5) is 0 Å². The molecule has 4 nitrogen and oxygen atoms in total. The van der Waals surface area contributed by atoms with Crippen LogP contribution in [-0.2, 0) is 9.84 Å². The van der Waals surface area contributed by atoms with Crippen LogP contribution < -0.4 is 0 Å². The third-order valence-corrected chi connectivity index (χ3v) is 6.83. The van der Waals surface area contributed by atoms with E-state index in [0.29, 0.717) is 18.4 Å². The zero-order valence-corrected chi connectivity index (χ0v) is 13.8. The Morgan fingerprint density at radius 3 is 2.24 bits per heavy atom. The van der Waals surface area contributed by atoms with E-state index in [1.165, 1.54) is 13.2 Å². The molecular weight excluding hydrogens is 288 g/mol. The molecule has 1 aromatic rings. The molecule has 2 heterocycles. The lowest BCUT2D eigenvalue weighted by atomic mass is 9.98. The number of sulfone groups is 1. The lowest BCUT2D eigenvalue weighted by molar-refractivity contribution is 0.0986. The number of fused-ring (bicyclic) bond motifs is 1. The van der Waals surface area contributed by atoms with Crippen LogP contribution >= 0.6 is 0 Å². The van der Waals surface area contributed by atoms with E-state index >= 15 is 0 Å². The Morgan fingerprint density at radius 1 is 1.14 bits per heavy atom. The number of hydrogen-bond acceptors (Lipinski definition) is 4. The Balaban J connectivity index is 2.47. The maximum Gasteiger partial charge on any atom is 0.195 e. The Labute approximate surface area is 126 Å². The summed E-state index contributed by atoms with van der Waals surface area (Å²) in [5.74, 6) is 0.0535. The second kappa shape index (κ2) is 6.34. The second-order valence-electron chi connectivity index (χ2n) is 5.84. The van der Waals surface area contributed by atoms with Gasteiger partial charge in [0.05, 0.1) is 16.8 Å². The van der Waals surface area contributed by atoms with Gasteiger partial charge in [-0.1, -0.05) is 39.5 Å². The summed E-state index contributed by atoms with van der Waals surface area (Å²) < 4.78 is 31.1. The molecule has 2 rings (SSSR count). The molecule has 0 saturated carbocycles. The molecule has 0 spiro atoms. The standard InChI is InChI=1S/C16H24O4S/c1-4-6-8-13-12-10-20-16(11(3)17)15(12)14(9-7-5-2)21(13,18)19/h10,13-14H,4-9H2,1-3H3/t13-,14-/m0/s1. The molecule has 5 heteroatoms. The molecule has 0 unspecified atom stereocenters. The zero-order chi connectivity index (χ0) is 15.6. The molecule has 0 N–H and O–H groups in total. The summed E-state index contributed by atoms with van der Waals surface area (Å²) in [6, 6.07) is 0. The molecular formula is C16H24O4S. The van der Waals surface area contributed by atoms with E-state index in [-0.39, 0.29) is 11.5 Å². The van der Waals surface area contributed by atoms with E-state index in [1.54, 1.807) is 0 Å². The van der Waals surface area contributed by atoms with Gasteiger partial charge in [-0.05, 0) is 12.8 Å². The fraction of sp³-hybridized carbons (Fsp3) is 0.688. The van der Waals surface area contributed by atoms with E-state index in [1.807, 2.05) is 13.8 Å². The Morgan fingerprint density at radius 2 is 1.71 bits per heavy atom. The predicted octanol–water partition coefficient (Wildman–Crippen LogP) is 4.37. The van der Waals surface area contributed by atoms with Gasteiger partial charge in [-0.15, -0.1) is 0 Å². The molecule has 1 aliphatic heterocycles. The van der Waals surface area contributed by atoms with Crippen LogP contribution in [0, 0.1) is 0 Å². The molecule has 0 radical (unpaired) electrons.